The van der Waals surface area contributed by atoms with E-state index >= 15 is 0 Å². The molecule has 0 radical (unpaired) electrons. The minimum atomic E-state index is 0.573. The quantitative estimate of drug-likeness (QED) is 0.559. The fourth-order valence-corrected chi connectivity index (χ4v) is 1.99. The van der Waals surface area contributed by atoms with Crippen LogP contribution in [0.3, 0.4) is 0 Å². The van der Waals surface area contributed by atoms with Crippen LogP contribution in [-0.2, 0) is 0 Å². The van der Waals surface area contributed by atoms with Gasteiger partial charge in [-0.3, -0.25) is 4.98 Å². The van der Waals surface area contributed by atoms with Crippen LogP contribution in [-0.4, -0.2) is 19.9 Å². The van der Waals surface area contributed by atoms with Crippen LogP contribution >= 0.6 is 22.9 Å². The van der Waals surface area contributed by atoms with Gasteiger partial charge in [0.25, 0.3) is 0 Å². The summed E-state index contributed by atoms with van der Waals surface area (Å²) in [6, 6.07) is 7.35. The molecule has 0 fully saturated rings. The third-order valence-electron chi connectivity index (χ3n) is 2.64. The molecule has 1 aromatic carbocycles. The summed E-state index contributed by atoms with van der Waals surface area (Å²) < 4.78 is 2.86. The summed E-state index contributed by atoms with van der Waals surface area (Å²) in [5.41, 5.74) is 3.62. The van der Waals surface area contributed by atoms with E-state index in [1.807, 2.05) is 29.1 Å². The number of nitriles is 1. The maximum Gasteiger partial charge on any atom is 0.0992 e. The van der Waals surface area contributed by atoms with Gasteiger partial charge in [-0.25, -0.2) is 8.62 Å². The molecule has 6 nitrogen and oxygen atoms in total. The Bertz CT molecular complexity index is 788. The zero-order valence-electron chi connectivity index (χ0n) is 9.58. The molecule has 2 aromatic heterocycles. The van der Waals surface area contributed by atoms with Crippen LogP contribution in [0.15, 0.2) is 36.8 Å². The minimum Gasteiger partial charge on any atom is -0.252 e. The monoisotopic (exact) mass is 362 g/mol. The van der Waals surface area contributed by atoms with Crippen LogP contribution in [0.2, 0.25) is 0 Å². The Morgan fingerprint density at radius 3 is 2.89 bits per heavy atom. The van der Waals surface area contributed by atoms with E-state index in [1.165, 1.54) is 0 Å². The van der Waals surface area contributed by atoms with Gasteiger partial charge < -0.3 is 0 Å². The first-order valence-electron chi connectivity index (χ1n) is 5.39. The number of benzene rings is 1. The molecule has 0 saturated heterocycles. The summed E-state index contributed by atoms with van der Waals surface area (Å²) in [4.78, 5) is 10.4. The predicted octanol–water partition coefficient (Wildman–Crippen LogP) is 2.26. The molecule has 3 aromatic rings. The topological polar surface area (TPSA) is 79.4 Å². The summed E-state index contributed by atoms with van der Waals surface area (Å²) in [5.74, 6) is 0. The van der Waals surface area contributed by atoms with E-state index in [-0.39, 0.29) is 0 Å². The van der Waals surface area contributed by atoms with E-state index < -0.39 is 0 Å². The lowest BCUT2D eigenvalue weighted by Gasteiger charge is -2.00. The van der Waals surface area contributed by atoms with Crippen LogP contribution in [0, 0.1) is 11.3 Å². The first kappa shape index (κ1) is 11.9. The molecule has 0 spiro atoms. The van der Waals surface area contributed by atoms with Crippen molar-refractivity contribution in [2.24, 2.45) is 0 Å². The highest BCUT2D eigenvalue weighted by Crippen LogP contribution is 2.19. The van der Waals surface area contributed by atoms with Gasteiger partial charge in [0.15, 0.2) is 0 Å². The molecule has 0 atom stereocenters. The van der Waals surface area contributed by atoms with Crippen molar-refractivity contribution in [3.8, 4) is 17.3 Å². The second-order valence-corrected chi connectivity index (χ2v) is 4.31. The predicted molar refractivity (Wildman–Crippen MR) is 78.9 cm³/mol. The average Bonchev–Trinajstić information content (AvgIpc) is 2.95. The zero-order valence-corrected chi connectivity index (χ0v) is 11.7. The standard InChI is InChI=1S/C12H7IN6/c13-18-19-7-9(5-16-19)12-6-15-10-2-1-8(4-14)3-11(10)17-12/h1-3,5-7,18H. The summed E-state index contributed by atoms with van der Waals surface area (Å²) in [6.45, 7) is 0. The second kappa shape index (κ2) is 4.81. The van der Waals surface area contributed by atoms with Gasteiger partial charge in [0.05, 0.1) is 69.8 Å². The van der Waals surface area contributed by atoms with Gasteiger partial charge in [-0.1, -0.05) is 0 Å². The summed E-state index contributed by atoms with van der Waals surface area (Å²) in [6.07, 6.45) is 5.22. The molecule has 0 aliphatic rings. The van der Waals surface area contributed by atoms with Crippen molar-refractivity contribution >= 4 is 33.9 Å². The third kappa shape index (κ3) is 2.22. The van der Waals surface area contributed by atoms with Crippen molar-refractivity contribution in [2.45, 2.75) is 0 Å². The normalized spacial score (nSPS) is 10.3. The lowest BCUT2D eigenvalue weighted by Crippen LogP contribution is -2.01. The molecule has 2 heterocycles. The number of hydrogen-bond donors (Lipinski definition) is 1. The Morgan fingerprint density at radius 1 is 1.26 bits per heavy atom. The highest BCUT2D eigenvalue weighted by atomic mass is 127. The maximum absolute atomic E-state index is 8.90. The lowest BCUT2D eigenvalue weighted by atomic mass is 10.2. The van der Waals surface area contributed by atoms with Gasteiger partial charge in [0.2, 0.25) is 0 Å². The van der Waals surface area contributed by atoms with Crippen molar-refractivity contribution < 1.29 is 0 Å². The number of rotatable bonds is 2. The van der Waals surface area contributed by atoms with Gasteiger partial charge in [-0.15, -0.1) is 0 Å². The molecule has 19 heavy (non-hydrogen) atoms. The van der Waals surface area contributed by atoms with E-state index in [1.54, 1.807) is 35.4 Å². The number of nitrogens with one attached hydrogen (secondary N) is 1. The largest absolute Gasteiger partial charge is 0.252 e. The van der Waals surface area contributed by atoms with E-state index in [4.69, 9.17) is 5.26 Å². The molecule has 0 unspecified atom stereocenters. The number of halogens is 1. The van der Waals surface area contributed by atoms with E-state index in [0.29, 0.717) is 11.1 Å². The summed E-state index contributed by atoms with van der Waals surface area (Å²) in [7, 11) is 0. The SMILES string of the molecule is N#Cc1ccc2ncc(-c3cnn(NI)c3)nc2c1. The summed E-state index contributed by atoms with van der Waals surface area (Å²) in [5, 5.41) is 13.0. The van der Waals surface area contributed by atoms with E-state index in [0.717, 1.165) is 16.8 Å². The Hall–Kier alpha value is -2.21. The van der Waals surface area contributed by atoms with Crippen LogP contribution in [0.4, 0.5) is 0 Å². The molecular formula is C12H7IN6. The van der Waals surface area contributed by atoms with Gasteiger partial charge in [-0.2, -0.15) is 15.2 Å². The Balaban J connectivity index is 2.12. The number of nitrogens with zero attached hydrogens (tertiary/aromatic N) is 5. The van der Waals surface area contributed by atoms with Gasteiger partial charge in [0.1, 0.15) is 0 Å². The molecule has 0 aliphatic heterocycles. The molecule has 92 valence electrons. The first-order valence-corrected chi connectivity index (χ1v) is 6.46. The molecule has 1 N–H and O–H groups in total. The lowest BCUT2D eigenvalue weighted by molar-refractivity contribution is 0.844. The Kier molecular flexibility index (Phi) is 3.00. The number of hydrogen-bond acceptors (Lipinski definition) is 5. The second-order valence-electron chi connectivity index (χ2n) is 3.83. The maximum atomic E-state index is 8.90. The highest BCUT2D eigenvalue weighted by molar-refractivity contribution is 14.1. The van der Waals surface area contributed by atoms with Crippen molar-refractivity contribution in [1.82, 2.24) is 19.9 Å². The third-order valence-corrected chi connectivity index (χ3v) is 3.13. The van der Waals surface area contributed by atoms with Crippen LogP contribution in [0.25, 0.3) is 22.3 Å². The fraction of sp³-hybridized carbons (Fsp3) is 0. The highest BCUT2D eigenvalue weighted by Gasteiger charge is 2.06. The number of fused-ring (bicyclic) bond motifs is 1. The zero-order chi connectivity index (χ0) is 13.2. The summed E-state index contributed by atoms with van der Waals surface area (Å²) >= 11 is 1.99. The molecule has 0 amide bonds. The van der Waals surface area contributed by atoms with E-state index in [2.05, 4.69) is 24.8 Å². The van der Waals surface area contributed by atoms with Crippen molar-refractivity contribution in [3.05, 3.63) is 42.4 Å². The Morgan fingerprint density at radius 2 is 2.16 bits per heavy atom. The molecule has 0 saturated carbocycles. The van der Waals surface area contributed by atoms with Gasteiger partial charge in [-0.05, 0) is 18.2 Å². The van der Waals surface area contributed by atoms with Gasteiger partial charge >= 0.3 is 0 Å². The molecule has 0 bridgehead atoms. The van der Waals surface area contributed by atoms with Crippen molar-refractivity contribution in [2.75, 3.05) is 3.64 Å². The first-order chi connectivity index (χ1) is 9.30. The van der Waals surface area contributed by atoms with Crippen LogP contribution < -0.4 is 3.64 Å². The van der Waals surface area contributed by atoms with Crippen LogP contribution in [0.1, 0.15) is 5.56 Å². The smallest absolute Gasteiger partial charge is 0.0992 e. The Labute approximate surface area is 122 Å². The number of aromatic nitrogens is 4. The van der Waals surface area contributed by atoms with Gasteiger partial charge in [0, 0.05) is 5.56 Å². The van der Waals surface area contributed by atoms with Crippen molar-refractivity contribution in [1.29, 1.82) is 5.26 Å². The minimum absolute atomic E-state index is 0.573. The molecular weight excluding hydrogens is 355 g/mol. The fourth-order valence-electron chi connectivity index (χ4n) is 1.72. The molecule has 3 rings (SSSR count). The average molecular weight is 362 g/mol. The van der Waals surface area contributed by atoms with Crippen LogP contribution in [0.5, 0.6) is 0 Å². The molecule has 7 heteroatoms. The van der Waals surface area contributed by atoms with Crippen molar-refractivity contribution in [3.63, 3.8) is 0 Å². The van der Waals surface area contributed by atoms with E-state index in [9.17, 15) is 0 Å². The molecule has 0 aliphatic carbocycles.